The zero-order valence-electron chi connectivity index (χ0n) is 13.2. The van der Waals surface area contributed by atoms with Gasteiger partial charge in [0, 0.05) is 28.0 Å². The molecular formula is C19H18ClN3. The van der Waals surface area contributed by atoms with Crippen molar-refractivity contribution in [2.24, 2.45) is 10.2 Å². The van der Waals surface area contributed by atoms with E-state index < -0.39 is 0 Å². The van der Waals surface area contributed by atoms with Crippen LogP contribution in [-0.2, 0) is 0 Å². The summed E-state index contributed by atoms with van der Waals surface area (Å²) in [5.74, 6) is 0. The van der Waals surface area contributed by atoms with E-state index in [1.54, 1.807) is 0 Å². The molecule has 0 aliphatic rings. The molecule has 0 spiro atoms. The highest BCUT2D eigenvalue weighted by atomic mass is 35.5. The Morgan fingerprint density at radius 3 is 2.35 bits per heavy atom. The van der Waals surface area contributed by atoms with Gasteiger partial charge in [0.2, 0.25) is 0 Å². The van der Waals surface area contributed by atoms with E-state index in [0.29, 0.717) is 5.02 Å². The van der Waals surface area contributed by atoms with Crippen LogP contribution in [-0.4, -0.2) is 6.54 Å². The number of anilines is 1. The van der Waals surface area contributed by atoms with Gasteiger partial charge in [0.25, 0.3) is 0 Å². The van der Waals surface area contributed by atoms with Crippen molar-refractivity contribution in [3.05, 3.63) is 65.2 Å². The molecule has 3 aromatic carbocycles. The summed E-state index contributed by atoms with van der Waals surface area (Å²) in [6.07, 6.45) is 0. The van der Waals surface area contributed by atoms with Gasteiger partial charge in [0.05, 0.1) is 11.4 Å². The van der Waals surface area contributed by atoms with Crippen LogP contribution >= 0.6 is 11.6 Å². The minimum Gasteiger partial charge on any atom is -0.385 e. The molecule has 116 valence electrons. The Balaban J connectivity index is 2.03. The summed E-state index contributed by atoms with van der Waals surface area (Å²) >= 11 is 5.98. The first-order chi connectivity index (χ1) is 11.2. The standard InChI is InChI=1S/C19H18ClN3/c1-3-21-18-10-11-19(16-7-5-4-6-15(16)18)23-22-17-9-8-14(20)12-13(17)2/h4-12,21H,3H2,1-2H3. The number of nitrogens with one attached hydrogen (secondary N) is 1. The van der Waals surface area contributed by atoms with Gasteiger partial charge in [-0.3, -0.25) is 0 Å². The number of fused-ring (bicyclic) bond motifs is 1. The fraction of sp³-hybridized carbons (Fsp3) is 0.158. The summed E-state index contributed by atoms with van der Waals surface area (Å²) in [6, 6.07) is 17.9. The number of azo groups is 1. The van der Waals surface area contributed by atoms with Crippen molar-refractivity contribution in [2.75, 3.05) is 11.9 Å². The molecule has 0 unspecified atom stereocenters. The second-order valence-corrected chi connectivity index (χ2v) is 5.78. The predicted octanol–water partition coefficient (Wildman–Crippen LogP) is 6.65. The first-order valence-corrected chi connectivity index (χ1v) is 8.00. The topological polar surface area (TPSA) is 36.8 Å². The number of hydrogen-bond donors (Lipinski definition) is 1. The molecule has 0 atom stereocenters. The van der Waals surface area contributed by atoms with E-state index in [0.717, 1.165) is 39.9 Å². The molecule has 3 nitrogen and oxygen atoms in total. The normalized spacial score (nSPS) is 11.3. The largest absolute Gasteiger partial charge is 0.385 e. The lowest BCUT2D eigenvalue weighted by Crippen LogP contribution is -1.96. The van der Waals surface area contributed by atoms with Crippen LogP contribution in [0.15, 0.2) is 64.8 Å². The van der Waals surface area contributed by atoms with Crippen molar-refractivity contribution in [1.82, 2.24) is 0 Å². The number of rotatable bonds is 4. The Bertz CT molecular complexity index is 872. The summed E-state index contributed by atoms with van der Waals surface area (Å²) in [7, 11) is 0. The third-order valence-electron chi connectivity index (χ3n) is 3.69. The number of aryl methyl sites for hydroxylation is 1. The third-order valence-corrected chi connectivity index (χ3v) is 3.93. The van der Waals surface area contributed by atoms with E-state index in [1.165, 1.54) is 0 Å². The van der Waals surface area contributed by atoms with Crippen molar-refractivity contribution in [1.29, 1.82) is 0 Å². The lowest BCUT2D eigenvalue weighted by atomic mass is 10.1. The van der Waals surface area contributed by atoms with Gasteiger partial charge in [-0.2, -0.15) is 5.11 Å². The van der Waals surface area contributed by atoms with Crippen LogP contribution in [0, 0.1) is 6.92 Å². The van der Waals surface area contributed by atoms with E-state index >= 15 is 0 Å². The minimum absolute atomic E-state index is 0.710. The van der Waals surface area contributed by atoms with Crippen LogP contribution in [0.3, 0.4) is 0 Å². The quantitative estimate of drug-likeness (QED) is 0.536. The van der Waals surface area contributed by atoms with Gasteiger partial charge in [-0.1, -0.05) is 35.9 Å². The van der Waals surface area contributed by atoms with Gasteiger partial charge in [0.15, 0.2) is 0 Å². The van der Waals surface area contributed by atoms with Gasteiger partial charge in [0.1, 0.15) is 0 Å². The molecule has 0 aliphatic carbocycles. The molecule has 3 aromatic rings. The van der Waals surface area contributed by atoms with Crippen molar-refractivity contribution < 1.29 is 0 Å². The molecule has 0 aliphatic heterocycles. The Morgan fingerprint density at radius 1 is 0.913 bits per heavy atom. The van der Waals surface area contributed by atoms with Gasteiger partial charge < -0.3 is 5.32 Å². The molecule has 0 saturated carbocycles. The van der Waals surface area contributed by atoms with Gasteiger partial charge in [-0.05, 0) is 49.7 Å². The van der Waals surface area contributed by atoms with Crippen LogP contribution in [0.5, 0.6) is 0 Å². The molecule has 23 heavy (non-hydrogen) atoms. The highest BCUT2D eigenvalue weighted by Crippen LogP contribution is 2.33. The smallest absolute Gasteiger partial charge is 0.0936 e. The Hall–Kier alpha value is -2.39. The molecule has 0 radical (unpaired) electrons. The highest BCUT2D eigenvalue weighted by Gasteiger charge is 2.05. The van der Waals surface area contributed by atoms with Crippen LogP contribution in [0.2, 0.25) is 5.02 Å². The molecule has 0 aromatic heterocycles. The molecule has 0 bridgehead atoms. The first-order valence-electron chi connectivity index (χ1n) is 7.62. The maximum atomic E-state index is 5.98. The maximum absolute atomic E-state index is 5.98. The Labute approximate surface area is 141 Å². The molecule has 3 rings (SSSR count). The minimum atomic E-state index is 0.710. The van der Waals surface area contributed by atoms with Crippen LogP contribution in [0.4, 0.5) is 17.1 Å². The zero-order chi connectivity index (χ0) is 16.2. The summed E-state index contributed by atoms with van der Waals surface area (Å²) < 4.78 is 0. The van der Waals surface area contributed by atoms with Gasteiger partial charge in [-0.15, -0.1) is 5.11 Å². The molecule has 4 heteroatoms. The van der Waals surface area contributed by atoms with E-state index in [-0.39, 0.29) is 0 Å². The summed E-state index contributed by atoms with van der Waals surface area (Å²) in [6.45, 7) is 4.95. The van der Waals surface area contributed by atoms with Crippen LogP contribution < -0.4 is 5.32 Å². The number of halogens is 1. The maximum Gasteiger partial charge on any atom is 0.0936 e. The fourth-order valence-electron chi connectivity index (χ4n) is 2.55. The van der Waals surface area contributed by atoms with Crippen molar-refractivity contribution in [2.45, 2.75) is 13.8 Å². The average Bonchev–Trinajstić information content (AvgIpc) is 2.56. The van der Waals surface area contributed by atoms with E-state index in [2.05, 4.69) is 40.7 Å². The monoisotopic (exact) mass is 323 g/mol. The summed E-state index contributed by atoms with van der Waals surface area (Å²) in [4.78, 5) is 0. The predicted molar refractivity (Wildman–Crippen MR) is 98.5 cm³/mol. The van der Waals surface area contributed by atoms with Crippen molar-refractivity contribution in [3.8, 4) is 0 Å². The van der Waals surface area contributed by atoms with E-state index in [9.17, 15) is 0 Å². The molecule has 0 fully saturated rings. The highest BCUT2D eigenvalue weighted by molar-refractivity contribution is 6.30. The van der Waals surface area contributed by atoms with Crippen LogP contribution in [0.1, 0.15) is 12.5 Å². The number of benzene rings is 3. The lowest BCUT2D eigenvalue weighted by molar-refractivity contribution is 1.21. The van der Waals surface area contributed by atoms with Gasteiger partial charge in [-0.25, -0.2) is 0 Å². The molecule has 0 heterocycles. The second kappa shape index (κ2) is 6.80. The molecule has 0 saturated heterocycles. The molecule has 0 amide bonds. The summed E-state index contributed by atoms with van der Waals surface area (Å²) in [5, 5.41) is 15.2. The third kappa shape index (κ3) is 3.35. The van der Waals surface area contributed by atoms with E-state index in [4.69, 9.17) is 11.6 Å². The fourth-order valence-corrected chi connectivity index (χ4v) is 2.78. The number of hydrogen-bond acceptors (Lipinski definition) is 3. The zero-order valence-corrected chi connectivity index (χ0v) is 13.9. The Kier molecular flexibility index (Phi) is 4.58. The summed E-state index contributed by atoms with van der Waals surface area (Å²) in [5.41, 5.74) is 3.81. The molecule has 1 N–H and O–H groups in total. The van der Waals surface area contributed by atoms with Crippen LogP contribution in [0.25, 0.3) is 10.8 Å². The molecular weight excluding hydrogens is 306 g/mol. The first kappa shape index (κ1) is 15.5. The van der Waals surface area contributed by atoms with Crippen molar-refractivity contribution >= 4 is 39.4 Å². The SMILES string of the molecule is CCNc1ccc(N=Nc2ccc(Cl)cc2C)c2ccccc12. The van der Waals surface area contributed by atoms with E-state index in [1.807, 2.05) is 43.3 Å². The van der Waals surface area contributed by atoms with Gasteiger partial charge >= 0.3 is 0 Å². The Morgan fingerprint density at radius 2 is 1.61 bits per heavy atom. The second-order valence-electron chi connectivity index (χ2n) is 5.34. The average molecular weight is 324 g/mol. The lowest BCUT2D eigenvalue weighted by Gasteiger charge is -2.09. The number of nitrogens with zero attached hydrogens (tertiary/aromatic N) is 2. The van der Waals surface area contributed by atoms with Crippen molar-refractivity contribution in [3.63, 3.8) is 0 Å².